The summed E-state index contributed by atoms with van der Waals surface area (Å²) < 4.78 is 21.6. The van der Waals surface area contributed by atoms with Gasteiger partial charge in [-0.25, -0.2) is 8.42 Å². The molecule has 1 N–H and O–H groups in total. The molecule has 0 spiro atoms. The summed E-state index contributed by atoms with van der Waals surface area (Å²) in [6.45, 7) is 0. The van der Waals surface area contributed by atoms with Crippen LogP contribution in [0.15, 0.2) is 0 Å². The Bertz CT molecular complexity index is 378. The molecular formula is C6H6O6S. The van der Waals surface area contributed by atoms with Gasteiger partial charge in [0.25, 0.3) is 0 Å². The highest BCUT2D eigenvalue weighted by atomic mass is 32.2. The minimum atomic E-state index is -3.68. The summed E-state index contributed by atoms with van der Waals surface area (Å²) in [5.41, 5.74) is 0. The fourth-order valence-electron chi connectivity index (χ4n) is 1.08. The monoisotopic (exact) mass is 206 g/mol. The zero-order valence-electron chi connectivity index (χ0n) is 6.39. The van der Waals surface area contributed by atoms with Crippen molar-refractivity contribution < 1.29 is 27.9 Å². The van der Waals surface area contributed by atoms with Crippen molar-refractivity contribution in [1.82, 2.24) is 0 Å². The van der Waals surface area contributed by atoms with Gasteiger partial charge in [-0.3, -0.25) is 14.4 Å². The van der Waals surface area contributed by atoms with Gasteiger partial charge in [-0.15, -0.1) is 0 Å². The largest absolute Gasteiger partial charge is 0.481 e. The summed E-state index contributed by atoms with van der Waals surface area (Å²) >= 11 is 0. The first-order valence-electron chi connectivity index (χ1n) is 3.33. The number of ketones is 2. The normalized spacial score (nSPS) is 24.9. The molecule has 7 heteroatoms. The summed E-state index contributed by atoms with van der Waals surface area (Å²) in [4.78, 5) is 31.6. The van der Waals surface area contributed by atoms with Crippen molar-refractivity contribution in [3.63, 3.8) is 0 Å². The number of aliphatic carboxylic acids is 1. The molecular weight excluding hydrogens is 200 g/mol. The van der Waals surface area contributed by atoms with E-state index in [0.29, 0.717) is 0 Å². The lowest BCUT2D eigenvalue weighted by molar-refractivity contribution is -0.140. The number of Topliss-reactive ketones (excluding diaryl/α,β-unsaturated/α-hetero) is 2. The highest BCUT2D eigenvalue weighted by Crippen LogP contribution is 2.18. The van der Waals surface area contributed by atoms with Crippen molar-refractivity contribution in [3.8, 4) is 0 Å². The van der Waals surface area contributed by atoms with Crippen LogP contribution in [0.4, 0.5) is 0 Å². The number of sulfone groups is 1. The molecule has 1 rings (SSSR count). The molecule has 1 heterocycles. The predicted molar refractivity (Wildman–Crippen MR) is 39.8 cm³/mol. The molecule has 0 amide bonds. The molecule has 1 saturated heterocycles. The van der Waals surface area contributed by atoms with Crippen molar-refractivity contribution in [2.75, 3.05) is 5.75 Å². The highest BCUT2D eigenvalue weighted by Gasteiger charge is 2.49. The first kappa shape index (κ1) is 9.85. The number of carbonyl (C=O) groups excluding carboxylic acids is 2. The van der Waals surface area contributed by atoms with E-state index in [0.717, 1.165) is 0 Å². The molecule has 0 saturated carbocycles. The Kier molecular flexibility index (Phi) is 2.21. The molecule has 1 atom stereocenters. The Morgan fingerprint density at radius 3 is 2.31 bits per heavy atom. The van der Waals surface area contributed by atoms with Crippen LogP contribution < -0.4 is 0 Å². The molecule has 1 aliphatic heterocycles. The molecule has 1 aliphatic rings. The van der Waals surface area contributed by atoms with Crippen molar-refractivity contribution in [3.05, 3.63) is 0 Å². The summed E-state index contributed by atoms with van der Waals surface area (Å²) in [6, 6.07) is 0. The zero-order chi connectivity index (χ0) is 10.2. The van der Waals surface area contributed by atoms with E-state index in [2.05, 4.69) is 0 Å². The van der Waals surface area contributed by atoms with Gasteiger partial charge in [-0.05, 0) is 0 Å². The minimum absolute atomic E-state index is 0.650. The quantitative estimate of drug-likeness (QED) is 0.557. The van der Waals surface area contributed by atoms with Crippen LogP contribution in [0.2, 0.25) is 0 Å². The Labute approximate surface area is 73.5 Å². The van der Waals surface area contributed by atoms with E-state index in [1.165, 1.54) is 0 Å². The molecule has 72 valence electrons. The van der Waals surface area contributed by atoms with Crippen LogP contribution in [0.5, 0.6) is 0 Å². The molecule has 0 aromatic rings. The predicted octanol–water partition coefficient (Wildman–Crippen LogP) is -1.60. The van der Waals surface area contributed by atoms with Gasteiger partial charge < -0.3 is 5.11 Å². The van der Waals surface area contributed by atoms with E-state index >= 15 is 0 Å². The molecule has 0 bridgehead atoms. The number of rotatable bonds is 3. The molecule has 0 aromatic heterocycles. The fourth-order valence-corrected chi connectivity index (χ4v) is 2.48. The Morgan fingerprint density at radius 2 is 2.00 bits per heavy atom. The van der Waals surface area contributed by atoms with Gasteiger partial charge in [0.05, 0.1) is 0 Å². The van der Waals surface area contributed by atoms with Gasteiger partial charge in [0.15, 0.2) is 26.7 Å². The SMILES string of the molecule is O=C(O)CC(=O)C1C(=O)CS1(=O)=O. The molecule has 13 heavy (non-hydrogen) atoms. The fraction of sp³-hybridized carbons (Fsp3) is 0.500. The van der Waals surface area contributed by atoms with Crippen LogP contribution in [0.3, 0.4) is 0 Å². The smallest absolute Gasteiger partial charge is 0.310 e. The van der Waals surface area contributed by atoms with E-state index in [-0.39, 0.29) is 0 Å². The summed E-state index contributed by atoms with van der Waals surface area (Å²) in [5.74, 6) is -3.85. The summed E-state index contributed by atoms with van der Waals surface area (Å²) in [6.07, 6.45) is -0.921. The molecule has 0 aromatic carbocycles. The maximum Gasteiger partial charge on any atom is 0.310 e. The number of hydrogen-bond acceptors (Lipinski definition) is 5. The second kappa shape index (κ2) is 2.91. The maximum atomic E-state index is 10.9. The lowest BCUT2D eigenvalue weighted by Gasteiger charge is -2.21. The van der Waals surface area contributed by atoms with Crippen molar-refractivity contribution in [1.29, 1.82) is 0 Å². The summed E-state index contributed by atoms with van der Waals surface area (Å²) in [5, 5.41) is 6.46. The molecule has 6 nitrogen and oxygen atoms in total. The van der Waals surface area contributed by atoms with Crippen LogP contribution in [0.25, 0.3) is 0 Å². The van der Waals surface area contributed by atoms with Gasteiger partial charge in [0.2, 0.25) is 0 Å². The molecule has 0 aliphatic carbocycles. The standard InChI is InChI=1S/C6H6O6S/c7-3(1-5(9)10)6-4(8)2-13(6,11)12/h6H,1-2H2,(H,9,10). The third-order valence-electron chi connectivity index (χ3n) is 1.61. The van der Waals surface area contributed by atoms with Crippen LogP contribution in [0.1, 0.15) is 6.42 Å². The van der Waals surface area contributed by atoms with E-state index in [1.807, 2.05) is 0 Å². The zero-order valence-corrected chi connectivity index (χ0v) is 7.20. The van der Waals surface area contributed by atoms with Gasteiger partial charge in [0.1, 0.15) is 12.2 Å². The second-order valence-corrected chi connectivity index (χ2v) is 4.78. The van der Waals surface area contributed by atoms with Crippen molar-refractivity contribution in [2.24, 2.45) is 0 Å². The van der Waals surface area contributed by atoms with Gasteiger partial charge in [-0.2, -0.15) is 0 Å². The van der Waals surface area contributed by atoms with Crippen LogP contribution >= 0.6 is 0 Å². The topological polar surface area (TPSA) is 106 Å². The van der Waals surface area contributed by atoms with Crippen molar-refractivity contribution in [2.45, 2.75) is 11.7 Å². The Morgan fingerprint density at radius 1 is 1.46 bits per heavy atom. The Balaban J connectivity index is 2.78. The van der Waals surface area contributed by atoms with E-state index in [1.54, 1.807) is 0 Å². The second-order valence-electron chi connectivity index (χ2n) is 2.69. The van der Waals surface area contributed by atoms with E-state index in [4.69, 9.17) is 5.11 Å². The Hall–Kier alpha value is -1.24. The number of carboxylic acids is 1. The van der Waals surface area contributed by atoms with Gasteiger partial charge in [0, 0.05) is 0 Å². The average Bonchev–Trinajstić information content (AvgIpc) is 1.80. The minimum Gasteiger partial charge on any atom is -0.481 e. The lowest BCUT2D eigenvalue weighted by Crippen LogP contribution is -2.53. The average molecular weight is 206 g/mol. The number of hydrogen-bond donors (Lipinski definition) is 1. The summed E-state index contributed by atoms with van der Waals surface area (Å²) in [7, 11) is -3.68. The first-order chi connectivity index (χ1) is 5.84. The third-order valence-corrected chi connectivity index (χ3v) is 3.54. The van der Waals surface area contributed by atoms with E-state index < -0.39 is 44.8 Å². The molecule has 1 fully saturated rings. The van der Waals surface area contributed by atoms with Gasteiger partial charge in [-0.1, -0.05) is 0 Å². The van der Waals surface area contributed by atoms with Crippen LogP contribution in [-0.2, 0) is 24.2 Å². The van der Waals surface area contributed by atoms with E-state index in [9.17, 15) is 22.8 Å². The first-order valence-corrected chi connectivity index (χ1v) is 5.05. The lowest BCUT2D eigenvalue weighted by atomic mass is 10.1. The number of carboxylic acid groups (broad SMARTS) is 1. The van der Waals surface area contributed by atoms with Crippen molar-refractivity contribution >= 4 is 27.4 Å². The molecule has 1 unspecified atom stereocenters. The van der Waals surface area contributed by atoms with Gasteiger partial charge >= 0.3 is 5.97 Å². The number of carbonyl (C=O) groups is 3. The third kappa shape index (κ3) is 1.74. The maximum absolute atomic E-state index is 10.9. The van der Waals surface area contributed by atoms with Crippen LogP contribution in [-0.4, -0.2) is 42.1 Å². The highest BCUT2D eigenvalue weighted by molar-refractivity contribution is 7.97. The van der Waals surface area contributed by atoms with Crippen LogP contribution in [0, 0.1) is 0 Å². The molecule has 0 radical (unpaired) electrons.